The lowest BCUT2D eigenvalue weighted by Gasteiger charge is -2.41. The smallest absolute Gasteiger partial charge is 0.348 e. The van der Waals surface area contributed by atoms with Gasteiger partial charge in [-0.25, -0.2) is 9.59 Å². The lowest BCUT2D eigenvalue weighted by atomic mass is 9.83. The fraction of sp³-hybridized carbons (Fsp3) is 0.450. The van der Waals surface area contributed by atoms with Crippen LogP contribution < -0.4 is 0 Å². The zero-order chi connectivity index (χ0) is 23.6. The van der Waals surface area contributed by atoms with Crippen molar-refractivity contribution in [1.82, 2.24) is 0 Å². The molecule has 0 bridgehead atoms. The van der Waals surface area contributed by atoms with Crippen LogP contribution in [0, 0.1) is 0 Å². The number of aliphatic hydroxyl groups is 6. The Bertz CT molecular complexity index is 884. The predicted octanol–water partition coefficient (Wildman–Crippen LogP) is -3.21. The Labute approximate surface area is 180 Å². The van der Waals surface area contributed by atoms with Gasteiger partial charge < -0.3 is 44.8 Å². The highest BCUT2D eigenvalue weighted by atomic mass is 16.7. The van der Waals surface area contributed by atoms with E-state index in [0.717, 1.165) is 12.2 Å². The van der Waals surface area contributed by atoms with Crippen LogP contribution in [-0.4, -0.2) is 103 Å². The zero-order valence-corrected chi connectivity index (χ0v) is 16.4. The number of benzene rings is 1. The van der Waals surface area contributed by atoms with Crippen LogP contribution in [0.15, 0.2) is 42.5 Å². The molecule has 2 aliphatic rings. The molecule has 32 heavy (non-hydrogen) atoms. The summed E-state index contributed by atoms with van der Waals surface area (Å²) in [5, 5.41) is 60.0. The monoisotopic (exact) mass is 454 g/mol. The summed E-state index contributed by atoms with van der Waals surface area (Å²) in [6.45, 7) is -0.815. The van der Waals surface area contributed by atoms with Gasteiger partial charge in [0.05, 0.1) is 12.2 Å². The van der Waals surface area contributed by atoms with Crippen molar-refractivity contribution in [1.29, 1.82) is 0 Å². The van der Waals surface area contributed by atoms with E-state index in [1.165, 1.54) is 24.3 Å². The minimum atomic E-state index is -3.13. The first-order valence-electron chi connectivity index (χ1n) is 9.51. The molecule has 8 atom stereocenters. The summed E-state index contributed by atoms with van der Waals surface area (Å²) in [4.78, 5) is 37.5. The van der Waals surface area contributed by atoms with E-state index in [4.69, 9.17) is 14.2 Å². The molecule has 0 saturated carbocycles. The second-order valence-electron chi connectivity index (χ2n) is 7.29. The summed E-state index contributed by atoms with van der Waals surface area (Å²) in [6, 6.07) is 7.34. The van der Waals surface area contributed by atoms with Crippen molar-refractivity contribution >= 4 is 17.7 Å². The quantitative estimate of drug-likeness (QED) is 0.244. The van der Waals surface area contributed by atoms with Crippen LogP contribution in [0.4, 0.5) is 0 Å². The maximum Gasteiger partial charge on any atom is 0.348 e. The number of hydrogen-bond acceptors (Lipinski definition) is 12. The van der Waals surface area contributed by atoms with Gasteiger partial charge in [-0.3, -0.25) is 4.79 Å². The lowest BCUT2D eigenvalue weighted by molar-refractivity contribution is -0.299. The molecule has 1 unspecified atom stereocenters. The van der Waals surface area contributed by atoms with Crippen molar-refractivity contribution in [3.63, 3.8) is 0 Å². The van der Waals surface area contributed by atoms with E-state index in [2.05, 4.69) is 0 Å². The molecule has 0 spiro atoms. The van der Waals surface area contributed by atoms with Crippen LogP contribution in [0.2, 0.25) is 0 Å². The maximum atomic E-state index is 12.8. The Morgan fingerprint density at radius 1 is 1.00 bits per heavy atom. The van der Waals surface area contributed by atoms with Crippen LogP contribution in [0.1, 0.15) is 10.4 Å². The molecule has 0 radical (unpaired) electrons. The molecule has 12 heteroatoms. The molecule has 1 aliphatic heterocycles. The summed E-state index contributed by atoms with van der Waals surface area (Å²) < 4.78 is 14.9. The minimum Gasteiger partial charge on any atom is -0.446 e. The molecule has 6 N–H and O–H groups in total. The average Bonchev–Trinajstić information content (AvgIpc) is 2.79. The fourth-order valence-electron chi connectivity index (χ4n) is 3.28. The first-order valence-corrected chi connectivity index (χ1v) is 9.51. The molecule has 1 saturated heterocycles. The molecule has 1 heterocycles. The van der Waals surface area contributed by atoms with Gasteiger partial charge in [-0.2, -0.15) is 0 Å². The molecule has 1 aliphatic carbocycles. The zero-order valence-electron chi connectivity index (χ0n) is 16.4. The highest BCUT2D eigenvalue weighted by Gasteiger charge is 2.59. The Hall–Kier alpha value is -2.71. The summed E-state index contributed by atoms with van der Waals surface area (Å²) in [5.74, 6) is -3.84. The van der Waals surface area contributed by atoms with Gasteiger partial charge in [0, 0.05) is 0 Å². The molecular formula is C20H22O12. The molecule has 12 nitrogen and oxygen atoms in total. The number of ketones is 1. The molecule has 174 valence electrons. The standard InChI is InChI=1S/C20H22O12/c21-8-11-13(24)14(25)15(26)18(30-11)32-19(28)20(29)12(23)7-6-10(22)16(20)31-17(27)9-4-2-1-3-5-9/h1-7,11-16,18,21,23-26,29H,8H2/t11-,12+,13-,14+,15-,16-,18?,20+/m1/s1. The number of esters is 2. The Morgan fingerprint density at radius 3 is 2.28 bits per heavy atom. The van der Waals surface area contributed by atoms with Gasteiger partial charge in [0.15, 0.2) is 5.78 Å². The third kappa shape index (κ3) is 4.29. The van der Waals surface area contributed by atoms with Gasteiger partial charge in [0.25, 0.3) is 0 Å². The largest absolute Gasteiger partial charge is 0.446 e. The topological polar surface area (TPSA) is 200 Å². The van der Waals surface area contributed by atoms with Crippen LogP contribution in [0.25, 0.3) is 0 Å². The number of aliphatic hydroxyl groups excluding tert-OH is 5. The highest BCUT2D eigenvalue weighted by Crippen LogP contribution is 2.30. The molecular weight excluding hydrogens is 432 g/mol. The van der Waals surface area contributed by atoms with Crippen molar-refractivity contribution in [3.05, 3.63) is 48.0 Å². The van der Waals surface area contributed by atoms with E-state index in [9.17, 15) is 45.0 Å². The van der Waals surface area contributed by atoms with Crippen molar-refractivity contribution in [2.24, 2.45) is 0 Å². The van der Waals surface area contributed by atoms with Gasteiger partial charge in [0.2, 0.25) is 18.0 Å². The van der Waals surface area contributed by atoms with Crippen LogP contribution in [-0.2, 0) is 23.8 Å². The number of carbonyl (C=O) groups excluding carboxylic acids is 3. The number of carbonyl (C=O) groups is 3. The summed E-state index contributed by atoms with van der Waals surface area (Å²) >= 11 is 0. The third-order valence-electron chi connectivity index (χ3n) is 5.18. The van der Waals surface area contributed by atoms with Crippen LogP contribution >= 0.6 is 0 Å². The summed E-state index contributed by atoms with van der Waals surface area (Å²) in [6.07, 6.45) is -11.7. The van der Waals surface area contributed by atoms with Gasteiger partial charge >= 0.3 is 11.9 Å². The lowest BCUT2D eigenvalue weighted by Crippen LogP contribution is -2.66. The van der Waals surface area contributed by atoms with Gasteiger partial charge in [0.1, 0.15) is 30.5 Å². The first-order chi connectivity index (χ1) is 15.1. The third-order valence-corrected chi connectivity index (χ3v) is 5.18. The Balaban J connectivity index is 1.85. The second-order valence-corrected chi connectivity index (χ2v) is 7.29. The second kappa shape index (κ2) is 9.42. The van der Waals surface area contributed by atoms with E-state index in [-0.39, 0.29) is 5.56 Å². The fourth-order valence-corrected chi connectivity index (χ4v) is 3.28. The van der Waals surface area contributed by atoms with Crippen LogP contribution in [0.5, 0.6) is 0 Å². The Morgan fingerprint density at radius 2 is 1.66 bits per heavy atom. The maximum absolute atomic E-state index is 12.8. The van der Waals surface area contributed by atoms with Gasteiger partial charge in [-0.1, -0.05) is 18.2 Å². The van der Waals surface area contributed by atoms with Crippen molar-refractivity contribution < 1.29 is 59.2 Å². The van der Waals surface area contributed by atoms with E-state index in [0.29, 0.717) is 0 Å². The molecule has 1 fully saturated rings. The normalized spacial score (nSPS) is 37.1. The van der Waals surface area contributed by atoms with Gasteiger partial charge in [-0.15, -0.1) is 0 Å². The molecule has 1 aromatic rings. The van der Waals surface area contributed by atoms with E-state index in [1.54, 1.807) is 6.07 Å². The average molecular weight is 454 g/mol. The molecule has 1 aromatic carbocycles. The van der Waals surface area contributed by atoms with Crippen molar-refractivity contribution in [2.45, 2.75) is 48.5 Å². The van der Waals surface area contributed by atoms with E-state index in [1.807, 2.05) is 0 Å². The minimum absolute atomic E-state index is 0.00556. The van der Waals surface area contributed by atoms with Crippen LogP contribution in [0.3, 0.4) is 0 Å². The molecule has 0 aromatic heterocycles. The van der Waals surface area contributed by atoms with Gasteiger partial charge in [-0.05, 0) is 24.3 Å². The molecule has 0 amide bonds. The van der Waals surface area contributed by atoms with Crippen molar-refractivity contribution in [3.8, 4) is 0 Å². The SMILES string of the molecule is O=C(O[C@@H]1C(=O)C=C[C@H](O)[C@@]1(O)C(=O)OC1O[C@H](CO)[C@@H](O)[C@H](O)[C@H]1O)c1ccccc1. The number of hydrogen-bond donors (Lipinski definition) is 6. The summed E-state index contributed by atoms with van der Waals surface area (Å²) in [7, 11) is 0. The summed E-state index contributed by atoms with van der Waals surface area (Å²) in [5.41, 5.74) is -3.14. The highest BCUT2D eigenvalue weighted by molar-refractivity contribution is 6.03. The first kappa shape index (κ1) is 23.9. The number of ether oxygens (including phenoxy) is 3. The molecule has 3 rings (SSSR count). The number of rotatable bonds is 5. The predicted molar refractivity (Wildman–Crippen MR) is 101 cm³/mol. The van der Waals surface area contributed by atoms with Crippen molar-refractivity contribution in [2.75, 3.05) is 6.61 Å². The van der Waals surface area contributed by atoms with E-state index >= 15 is 0 Å². The Kier molecular flexibility index (Phi) is 7.05. The van der Waals surface area contributed by atoms with E-state index < -0.39 is 72.8 Å².